The van der Waals surface area contributed by atoms with Crippen molar-refractivity contribution < 1.29 is 19.1 Å². The van der Waals surface area contributed by atoms with Gasteiger partial charge in [0.2, 0.25) is 5.91 Å². The zero-order valence-electron chi connectivity index (χ0n) is 22.8. The second kappa shape index (κ2) is 13.5. The number of nitrogens with zero attached hydrogens (tertiary/aromatic N) is 3. The van der Waals surface area contributed by atoms with Gasteiger partial charge in [0.25, 0.3) is 5.91 Å². The molecule has 2 heterocycles. The topological polar surface area (TPSA) is 74.3 Å². The summed E-state index contributed by atoms with van der Waals surface area (Å²) in [5.41, 5.74) is 1.20. The predicted octanol–water partition coefficient (Wildman–Crippen LogP) is 5.20. The lowest BCUT2D eigenvalue weighted by molar-refractivity contribution is -0.124. The fraction of sp³-hybridized carbons (Fsp3) is 0.483. The number of hydrogen-bond donors (Lipinski definition) is 1. The number of rotatable bonds is 11. The van der Waals surface area contributed by atoms with Crippen molar-refractivity contribution in [1.82, 2.24) is 9.80 Å². The minimum atomic E-state index is -0.706. The molecule has 8 nitrogen and oxygen atoms in total. The van der Waals surface area contributed by atoms with Crippen LogP contribution in [0.3, 0.4) is 0 Å². The third-order valence-electron chi connectivity index (χ3n) is 7.29. The van der Waals surface area contributed by atoms with Crippen molar-refractivity contribution >= 4 is 52.1 Å². The molecule has 0 spiro atoms. The Kier molecular flexibility index (Phi) is 10.0. The van der Waals surface area contributed by atoms with Gasteiger partial charge in [0.1, 0.15) is 17.5 Å². The van der Waals surface area contributed by atoms with Gasteiger partial charge in [0, 0.05) is 12.2 Å². The summed E-state index contributed by atoms with van der Waals surface area (Å²) in [5.74, 6) is 1.51. The summed E-state index contributed by atoms with van der Waals surface area (Å²) in [7, 11) is 1.54. The summed E-state index contributed by atoms with van der Waals surface area (Å²) in [6, 6.07) is 11.6. The number of carbonyl (C=O) groups is 2. The predicted molar refractivity (Wildman–Crippen MR) is 159 cm³/mol. The van der Waals surface area contributed by atoms with Gasteiger partial charge < -0.3 is 24.6 Å². The van der Waals surface area contributed by atoms with Gasteiger partial charge in [-0.3, -0.25) is 14.5 Å². The van der Waals surface area contributed by atoms with Gasteiger partial charge in [-0.2, -0.15) is 0 Å². The van der Waals surface area contributed by atoms with Crippen molar-refractivity contribution in [1.29, 1.82) is 0 Å². The molecule has 210 valence electrons. The lowest BCUT2D eigenvalue weighted by Crippen LogP contribution is -2.40. The van der Waals surface area contributed by atoms with Crippen LogP contribution >= 0.6 is 23.8 Å². The summed E-state index contributed by atoms with van der Waals surface area (Å²) >= 11 is 12.2. The van der Waals surface area contributed by atoms with E-state index in [9.17, 15) is 9.59 Å². The minimum Gasteiger partial charge on any atom is -0.495 e. The van der Waals surface area contributed by atoms with Crippen LogP contribution in [-0.4, -0.2) is 72.7 Å². The average Bonchev–Trinajstić information content (AvgIpc) is 3.14. The molecular formula is C29H37ClN4O4S. The van der Waals surface area contributed by atoms with Gasteiger partial charge in [-0.15, -0.1) is 0 Å². The Hall–Kier alpha value is -2.88. The van der Waals surface area contributed by atoms with Crippen molar-refractivity contribution in [3.05, 3.63) is 47.5 Å². The second-order valence-corrected chi connectivity index (χ2v) is 10.8. The van der Waals surface area contributed by atoms with Gasteiger partial charge in [0.05, 0.1) is 30.8 Å². The molecule has 4 rings (SSSR count). The molecule has 0 aliphatic carbocycles. The maximum absolute atomic E-state index is 13.7. The van der Waals surface area contributed by atoms with Crippen LogP contribution in [0.1, 0.15) is 39.5 Å². The Labute approximate surface area is 241 Å². The fourth-order valence-corrected chi connectivity index (χ4v) is 5.72. The van der Waals surface area contributed by atoms with Crippen molar-refractivity contribution in [3.63, 3.8) is 0 Å². The first-order valence-corrected chi connectivity index (χ1v) is 14.3. The van der Waals surface area contributed by atoms with Crippen molar-refractivity contribution in [2.75, 3.05) is 50.1 Å². The van der Waals surface area contributed by atoms with E-state index >= 15 is 0 Å². The monoisotopic (exact) mass is 572 g/mol. The van der Waals surface area contributed by atoms with E-state index in [1.807, 2.05) is 11.8 Å². The number of benzene rings is 2. The van der Waals surface area contributed by atoms with Crippen LogP contribution in [0, 0.1) is 5.92 Å². The molecule has 0 bridgehead atoms. The van der Waals surface area contributed by atoms with E-state index in [-0.39, 0.29) is 18.2 Å². The lowest BCUT2D eigenvalue weighted by Gasteiger charge is -2.31. The molecule has 2 fully saturated rings. The molecule has 1 N–H and O–H groups in total. The maximum Gasteiger partial charge on any atom is 0.256 e. The number of amides is 2. The second-order valence-electron chi connectivity index (χ2n) is 10.1. The van der Waals surface area contributed by atoms with Gasteiger partial charge in [0.15, 0.2) is 5.11 Å². The molecule has 0 aromatic heterocycles. The number of hydrogen-bond acceptors (Lipinski definition) is 6. The van der Waals surface area contributed by atoms with E-state index in [4.69, 9.17) is 33.3 Å². The Bertz CT molecular complexity index is 1170. The summed E-state index contributed by atoms with van der Waals surface area (Å²) in [6.45, 7) is 8.48. The fourth-order valence-electron chi connectivity index (χ4n) is 5.06. The molecule has 39 heavy (non-hydrogen) atoms. The van der Waals surface area contributed by atoms with E-state index in [2.05, 4.69) is 17.1 Å². The molecule has 2 aromatic rings. The van der Waals surface area contributed by atoms with Crippen LogP contribution in [0.25, 0.3) is 0 Å². The summed E-state index contributed by atoms with van der Waals surface area (Å²) in [4.78, 5) is 32.6. The summed E-state index contributed by atoms with van der Waals surface area (Å²) in [6.07, 6.45) is 3.24. The third kappa shape index (κ3) is 7.21. The van der Waals surface area contributed by atoms with Gasteiger partial charge in [-0.25, -0.2) is 0 Å². The minimum absolute atomic E-state index is 0.0200. The third-order valence-corrected chi connectivity index (χ3v) is 8.00. The Morgan fingerprint density at radius 3 is 2.49 bits per heavy atom. The zero-order chi connectivity index (χ0) is 27.9. The van der Waals surface area contributed by atoms with Crippen LogP contribution in [-0.2, 0) is 9.59 Å². The molecule has 10 heteroatoms. The standard InChI is InChI=1S/C29H37ClN4O4S/c1-4-38-23-9-6-21(7-10-23)31-27(35)19-25-28(36)34(22-8-11-26(37-3)24(30)18-22)29(39)33(25)15-5-14-32-16-12-20(2)13-17-32/h6-11,18,20,25H,4-5,12-17,19H2,1-3H3,(H,31,35). The number of thiocarbonyl (C=S) groups is 1. The largest absolute Gasteiger partial charge is 0.495 e. The highest BCUT2D eigenvalue weighted by Gasteiger charge is 2.44. The molecule has 0 saturated carbocycles. The highest BCUT2D eigenvalue weighted by molar-refractivity contribution is 7.80. The smallest absolute Gasteiger partial charge is 0.256 e. The van der Waals surface area contributed by atoms with E-state index in [1.54, 1.807) is 42.5 Å². The number of likely N-dealkylation sites (tertiary alicyclic amines) is 1. The van der Waals surface area contributed by atoms with Crippen molar-refractivity contribution in [3.8, 4) is 11.5 Å². The number of methoxy groups -OCH3 is 1. The molecular weight excluding hydrogens is 536 g/mol. The Balaban J connectivity index is 1.48. The molecule has 2 aromatic carbocycles. The number of ether oxygens (including phenoxy) is 2. The van der Waals surface area contributed by atoms with E-state index in [0.717, 1.165) is 37.7 Å². The Morgan fingerprint density at radius 1 is 1.13 bits per heavy atom. The number of anilines is 2. The van der Waals surface area contributed by atoms with Gasteiger partial charge >= 0.3 is 0 Å². The zero-order valence-corrected chi connectivity index (χ0v) is 24.4. The first kappa shape index (κ1) is 29.1. The molecule has 2 amide bonds. The molecule has 2 aliphatic rings. The molecule has 0 radical (unpaired) electrons. The normalized spacial score (nSPS) is 18.5. The van der Waals surface area contributed by atoms with Crippen LogP contribution in [0.15, 0.2) is 42.5 Å². The van der Waals surface area contributed by atoms with E-state index < -0.39 is 6.04 Å². The van der Waals surface area contributed by atoms with Crippen LogP contribution in [0.2, 0.25) is 5.02 Å². The first-order chi connectivity index (χ1) is 18.8. The highest BCUT2D eigenvalue weighted by atomic mass is 35.5. The van der Waals surface area contributed by atoms with E-state index in [0.29, 0.717) is 40.4 Å². The Morgan fingerprint density at radius 2 is 1.85 bits per heavy atom. The lowest BCUT2D eigenvalue weighted by atomic mass is 9.99. The SMILES string of the molecule is CCOc1ccc(NC(=O)CC2C(=O)N(c3ccc(OC)c(Cl)c3)C(=S)N2CCCN2CCC(C)CC2)cc1. The van der Waals surface area contributed by atoms with Gasteiger partial charge in [-0.1, -0.05) is 18.5 Å². The van der Waals surface area contributed by atoms with E-state index in [1.165, 1.54) is 24.9 Å². The number of piperidine rings is 1. The number of halogens is 1. The average molecular weight is 573 g/mol. The number of nitrogens with one attached hydrogen (secondary N) is 1. The molecule has 2 aliphatic heterocycles. The maximum atomic E-state index is 13.7. The van der Waals surface area contributed by atoms with Crippen molar-refractivity contribution in [2.45, 2.75) is 45.6 Å². The number of carbonyl (C=O) groups excluding carboxylic acids is 2. The van der Waals surface area contributed by atoms with Crippen LogP contribution in [0.5, 0.6) is 11.5 Å². The molecule has 1 atom stereocenters. The molecule has 1 unspecified atom stereocenters. The highest BCUT2D eigenvalue weighted by Crippen LogP contribution is 2.33. The first-order valence-electron chi connectivity index (χ1n) is 13.5. The van der Waals surface area contributed by atoms with Crippen LogP contribution in [0.4, 0.5) is 11.4 Å². The summed E-state index contributed by atoms with van der Waals surface area (Å²) in [5, 5.41) is 3.67. The summed E-state index contributed by atoms with van der Waals surface area (Å²) < 4.78 is 10.7. The van der Waals surface area contributed by atoms with Crippen molar-refractivity contribution in [2.24, 2.45) is 5.92 Å². The quantitative estimate of drug-likeness (QED) is 0.371. The van der Waals surface area contributed by atoms with Crippen LogP contribution < -0.4 is 19.7 Å². The molecule has 2 saturated heterocycles. The van der Waals surface area contributed by atoms with Gasteiger partial charge in [-0.05, 0) is 106 Å².